The van der Waals surface area contributed by atoms with Gasteiger partial charge in [0.15, 0.2) is 5.65 Å². The number of hydrogen-bond donors (Lipinski definition) is 2. The van der Waals surface area contributed by atoms with Crippen LogP contribution in [-0.4, -0.2) is 34.5 Å². The Morgan fingerprint density at radius 1 is 1.00 bits per heavy atom. The molecule has 0 saturated heterocycles. The molecule has 0 aliphatic heterocycles. The summed E-state index contributed by atoms with van der Waals surface area (Å²) in [6.07, 6.45) is 4.66. The fraction of sp³-hybridized carbons (Fsp3) is 0.0500. The summed E-state index contributed by atoms with van der Waals surface area (Å²) in [5.41, 5.74) is 3.01. The molecule has 2 N–H and O–H groups in total. The van der Waals surface area contributed by atoms with E-state index in [1.165, 1.54) is 12.5 Å². The normalized spacial score (nSPS) is 11.0. The van der Waals surface area contributed by atoms with Crippen LogP contribution in [0.25, 0.3) is 22.4 Å². The third-order valence-corrected chi connectivity index (χ3v) is 4.49. The van der Waals surface area contributed by atoms with Crippen LogP contribution in [0.15, 0.2) is 78.2 Å². The predicted molar refractivity (Wildman–Crippen MR) is 108 cm³/mol. The summed E-state index contributed by atoms with van der Waals surface area (Å²) in [6.45, 7) is 0.483. The molecular formula is C20H16N8O. The number of nitrogens with zero attached hydrogens (tertiary/aromatic N) is 6. The van der Waals surface area contributed by atoms with Crippen molar-refractivity contribution in [3.8, 4) is 11.4 Å². The van der Waals surface area contributed by atoms with Gasteiger partial charge < -0.3 is 5.32 Å². The molecule has 0 fully saturated rings. The summed E-state index contributed by atoms with van der Waals surface area (Å²) < 4.78 is 3.34. The van der Waals surface area contributed by atoms with E-state index in [-0.39, 0.29) is 5.56 Å². The van der Waals surface area contributed by atoms with E-state index in [9.17, 15) is 4.79 Å². The lowest BCUT2D eigenvalue weighted by atomic mass is 10.2. The zero-order valence-electron chi connectivity index (χ0n) is 15.2. The topological polar surface area (TPSA) is 106 Å². The molecule has 0 spiro atoms. The Hall–Kier alpha value is -4.27. The largest absolute Gasteiger partial charge is 0.352 e. The second-order valence-corrected chi connectivity index (χ2v) is 6.41. The number of hydrogen-bond acceptors (Lipinski definition) is 6. The number of rotatable bonds is 5. The molecule has 5 aromatic rings. The van der Waals surface area contributed by atoms with Crippen molar-refractivity contribution in [2.45, 2.75) is 6.54 Å². The first-order valence-electron chi connectivity index (χ1n) is 8.99. The van der Waals surface area contributed by atoms with Gasteiger partial charge in [0.2, 0.25) is 5.95 Å². The highest BCUT2D eigenvalue weighted by Gasteiger charge is 2.11. The molecule has 0 amide bonds. The Morgan fingerprint density at radius 2 is 1.86 bits per heavy atom. The molecule has 142 valence electrons. The maximum atomic E-state index is 12.5. The molecular weight excluding hydrogens is 368 g/mol. The van der Waals surface area contributed by atoms with Crippen molar-refractivity contribution < 1.29 is 0 Å². The summed E-state index contributed by atoms with van der Waals surface area (Å²) in [6, 6.07) is 17.5. The summed E-state index contributed by atoms with van der Waals surface area (Å²) in [7, 11) is 0. The van der Waals surface area contributed by atoms with Gasteiger partial charge in [0.1, 0.15) is 18.0 Å². The minimum atomic E-state index is -0.240. The summed E-state index contributed by atoms with van der Waals surface area (Å²) in [5, 5.41) is 12.1. The number of fused-ring (bicyclic) bond motifs is 1. The Bertz CT molecular complexity index is 1320. The highest BCUT2D eigenvalue weighted by atomic mass is 16.1. The smallest absolute Gasteiger partial charge is 0.263 e. The van der Waals surface area contributed by atoms with Crippen LogP contribution in [0.4, 0.5) is 5.95 Å². The lowest BCUT2D eigenvalue weighted by molar-refractivity contribution is 0.875. The van der Waals surface area contributed by atoms with E-state index in [2.05, 4.69) is 30.5 Å². The van der Waals surface area contributed by atoms with Gasteiger partial charge in [-0.2, -0.15) is 15.2 Å². The monoisotopic (exact) mass is 384 g/mol. The Labute approximate surface area is 164 Å². The molecule has 0 bridgehead atoms. The van der Waals surface area contributed by atoms with Gasteiger partial charge in [-0.15, -0.1) is 0 Å². The SMILES string of the molecule is O=c1[nH]c(NCc2cccc(-n3cncn3)c2)nc2c1cnn2-c1ccccc1. The van der Waals surface area contributed by atoms with Gasteiger partial charge in [-0.05, 0) is 29.8 Å². The average molecular weight is 384 g/mol. The minimum Gasteiger partial charge on any atom is -0.352 e. The molecule has 0 aliphatic rings. The van der Waals surface area contributed by atoms with E-state index >= 15 is 0 Å². The minimum absolute atomic E-state index is 0.240. The molecule has 0 saturated carbocycles. The highest BCUT2D eigenvalue weighted by molar-refractivity contribution is 5.76. The van der Waals surface area contributed by atoms with Crippen molar-refractivity contribution >= 4 is 17.0 Å². The van der Waals surface area contributed by atoms with Gasteiger partial charge in [0, 0.05) is 6.54 Å². The molecule has 0 radical (unpaired) electrons. The standard InChI is InChI=1S/C20H16N8O/c29-19-17-11-23-28(15-6-2-1-3-7-15)18(17)25-20(26-19)22-10-14-5-4-8-16(9-14)27-13-21-12-24-27/h1-9,11-13H,10H2,(H2,22,25,26,29). The molecule has 9 nitrogen and oxygen atoms in total. The van der Waals surface area contributed by atoms with Crippen LogP contribution in [-0.2, 0) is 6.54 Å². The molecule has 0 atom stereocenters. The van der Waals surface area contributed by atoms with Gasteiger partial charge in [-0.3, -0.25) is 9.78 Å². The van der Waals surface area contributed by atoms with Crippen LogP contribution < -0.4 is 10.9 Å². The number of nitrogens with one attached hydrogen (secondary N) is 2. The first-order chi connectivity index (χ1) is 14.3. The maximum Gasteiger partial charge on any atom is 0.263 e. The molecule has 0 unspecified atom stereocenters. The molecule has 0 aliphatic carbocycles. The molecule has 5 rings (SSSR count). The van der Waals surface area contributed by atoms with Crippen LogP contribution in [0.3, 0.4) is 0 Å². The number of para-hydroxylation sites is 1. The fourth-order valence-corrected chi connectivity index (χ4v) is 3.10. The zero-order chi connectivity index (χ0) is 19.6. The number of aromatic nitrogens is 7. The fourth-order valence-electron chi connectivity index (χ4n) is 3.10. The zero-order valence-corrected chi connectivity index (χ0v) is 15.2. The molecule has 2 aromatic carbocycles. The number of benzene rings is 2. The van der Waals surface area contributed by atoms with Crippen molar-refractivity contribution in [1.82, 2.24) is 34.5 Å². The third kappa shape index (κ3) is 3.25. The Balaban J connectivity index is 1.44. The van der Waals surface area contributed by atoms with E-state index in [0.29, 0.717) is 23.5 Å². The van der Waals surface area contributed by atoms with Crippen molar-refractivity contribution in [3.63, 3.8) is 0 Å². The first kappa shape index (κ1) is 16.9. The summed E-state index contributed by atoms with van der Waals surface area (Å²) in [5.74, 6) is 0.381. The van der Waals surface area contributed by atoms with Gasteiger partial charge >= 0.3 is 0 Å². The van der Waals surface area contributed by atoms with E-state index < -0.39 is 0 Å². The van der Waals surface area contributed by atoms with Gasteiger partial charge in [-0.1, -0.05) is 30.3 Å². The van der Waals surface area contributed by atoms with Crippen LogP contribution in [0.1, 0.15) is 5.56 Å². The number of aromatic amines is 1. The van der Waals surface area contributed by atoms with Crippen molar-refractivity contribution in [2.24, 2.45) is 0 Å². The Kier molecular flexibility index (Phi) is 4.10. The van der Waals surface area contributed by atoms with E-state index in [4.69, 9.17) is 0 Å². The van der Waals surface area contributed by atoms with Crippen LogP contribution in [0.5, 0.6) is 0 Å². The Morgan fingerprint density at radius 3 is 2.69 bits per heavy atom. The van der Waals surface area contributed by atoms with Crippen molar-refractivity contribution in [1.29, 1.82) is 0 Å². The molecule has 9 heteroatoms. The third-order valence-electron chi connectivity index (χ3n) is 4.49. The quantitative estimate of drug-likeness (QED) is 0.482. The highest BCUT2D eigenvalue weighted by Crippen LogP contribution is 2.15. The number of H-pyrrole nitrogens is 1. The van der Waals surface area contributed by atoms with Gasteiger partial charge in [0.25, 0.3) is 5.56 Å². The number of anilines is 1. The average Bonchev–Trinajstić information content (AvgIpc) is 3.44. The van der Waals surface area contributed by atoms with E-state index in [0.717, 1.165) is 16.9 Å². The molecule has 29 heavy (non-hydrogen) atoms. The second-order valence-electron chi connectivity index (χ2n) is 6.41. The van der Waals surface area contributed by atoms with Crippen LogP contribution in [0, 0.1) is 0 Å². The lowest BCUT2D eigenvalue weighted by Crippen LogP contribution is -2.13. The van der Waals surface area contributed by atoms with Gasteiger partial charge in [-0.25, -0.2) is 14.3 Å². The van der Waals surface area contributed by atoms with Crippen LogP contribution in [0.2, 0.25) is 0 Å². The van der Waals surface area contributed by atoms with Crippen molar-refractivity contribution in [2.75, 3.05) is 5.32 Å². The lowest BCUT2D eigenvalue weighted by Gasteiger charge is -2.08. The maximum absolute atomic E-state index is 12.5. The molecule has 3 heterocycles. The van der Waals surface area contributed by atoms with Gasteiger partial charge in [0.05, 0.1) is 17.6 Å². The van der Waals surface area contributed by atoms with Crippen molar-refractivity contribution in [3.05, 3.63) is 89.4 Å². The van der Waals surface area contributed by atoms with E-state index in [1.807, 2.05) is 54.6 Å². The summed E-state index contributed by atoms with van der Waals surface area (Å²) in [4.78, 5) is 23.8. The van der Waals surface area contributed by atoms with Crippen LogP contribution >= 0.6 is 0 Å². The second kappa shape index (κ2) is 7.04. The molecule has 3 aromatic heterocycles. The van der Waals surface area contributed by atoms with E-state index in [1.54, 1.807) is 15.7 Å². The first-order valence-corrected chi connectivity index (χ1v) is 8.99. The predicted octanol–water partition coefficient (Wildman–Crippen LogP) is 2.30. The summed E-state index contributed by atoms with van der Waals surface area (Å²) >= 11 is 0.